The minimum Gasteiger partial charge on any atom is -0.312 e. The summed E-state index contributed by atoms with van der Waals surface area (Å²) in [6.45, 7) is 6.90. The van der Waals surface area contributed by atoms with Gasteiger partial charge in [0.15, 0.2) is 0 Å². The predicted octanol–water partition coefficient (Wildman–Crippen LogP) is 2.80. The first-order chi connectivity index (χ1) is 9.52. The molecule has 1 rings (SSSR count). The molecule has 1 N–H and O–H groups in total. The van der Waals surface area contributed by atoms with Gasteiger partial charge in [-0.05, 0) is 46.8 Å². The fraction of sp³-hybridized carbons (Fsp3) is 0.600. The molecule has 20 heavy (non-hydrogen) atoms. The molecule has 0 heterocycles. The minimum absolute atomic E-state index is 0.194. The van der Waals surface area contributed by atoms with E-state index in [9.17, 15) is 10.1 Å². The topological polar surface area (TPSA) is 58.4 Å². The number of hydrogen-bond acceptors (Lipinski definition) is 4. The Morgan fingerprint density at radius 1 is 1.30 bits per heavy atom. The van der Waals surface area contributed by atoms with Gasteiger partial charge < -0.3 is 10.2 Å². The SMILES string of the molecule is CC(C)N(C)CCCCNCc1ccccc1[N+](=O)[O-]. The Kier molecular flexibility index (Phi) is 7.18. The van der Waals surface area contributed by atoms with Crippen LogP contribution < -0.4 is 5.32 Å². The van der Waals surface area contributed by atoms with Crippen molar-refractivity contribution in [3.05, 3.63) is 39.9 Å². The summed E-state index contributed by atoms with van der Waals surface area (Å²) >= 11 is 0. The molecule has 0 aliphatic rings. The lowest BCUT2D eigenvalue weighted by atomic mass is 10.2. The van der Waals surface area contributed by atoms with Crippen molar-refractivity contribution < 1.29 is 4.92 Å². The van der Waals surface area contributed by atoms with E-state index in [1.165, 1.54) is 0 Å². The Hall–Kier alpha value is -1.46. The second-order valence-corrected chi connectivity index (χ2v) is 5.34. The van der Waals surface area contributed by atoms with Gasteiger partial charge in [0.05, 0.1) is 4.92 Å². The van der Waals surface area contributed by atoms with Gasteiger partial charge in [0.1, 0.15) is 0 Å². The van der Waals surface area contributed by atoms with Crippen molar-refractivity contribution in [3.63, 3.8) is 0 Å². The van der Waals surface area contributed by atoms with Gasteiger partial charge in [0.25, 0.3) is 5.69 Å². The Labute approximate surface area is 121 Å². The number of rotatable bonds is 9. The molecule has 0 spiro atoms. The lowest BCUT2D eigenvalue weighted by Crippen LogP contribution is -2.27. The Bertz CT molecular complexity index is 421. The number of nitrogens with one attached hydrogen (secondary N) is 1. The van der Waals surface area contributed by atoms with Crippen molar-refractivity contribution in [3.8, 4) is 0 Å². The second kappa shape index (κ2) is 8.66. The van der Waals surface area contributed by atoms with E-state index in [4.69, 9.17) is 0 Å². The second-order valence-electron chi connectivity index (χ2n) is 5.34. The van der Waals surface area contributed by atoms with Crippen LogP contribution in [0.1, 0.15) is 32.3 Å². The zero-order valence-electron chi connectivity index (χ0n) is 12.6. The van der Waals surface area contributed by atoms with Crippen LogP contribution in [-0.2, 0) is 6.54 Å². The predicted molar refractivity (Wildman–Crippen MR) is 81.8 cm³/mol. The summed E-state index contributed by atoms with van der Waals surface area (Å²) in [6.07, 6.45) is 2.22. The molecule has 0 amide bonds. The summed E-state index contributed by atoms with van der Waals surface area (Å²) in [5.41, 5.74) is 0.941. The zero-order valence-corrected chi connectivity index (χ0v) is 12.6. The summed E-state index contributed by atoms with van der Waals surface area (Å²) < 4.78 is 0. The van der Waals surface area contributed by atoms with Crippen LogP contribution in [0.25, 0.3) is 0 Å². The zero-order chi connectivity index (χ0) is 15.0. The van der Waals surface area contributed by atoms with E-state index in [-0.39, 0.29) is 10.6 Å². The number of nitro benzene ring substituents is 1. The molecule has 0 saturated carbocycles. The van der Waals surface area contributed by atoms with Gasteiger partial charge in [-0.2, -0.15) is 0 Å². The Morgan fingerprint density at radius 2 is 2.00 bits per heavy atom. The van der Waals surface area contributed by atoms with E-state index >= 15 is 0 Å². The number of unbranched alkanes of at least 4 members (excludes halogenated alkanes) is 1. The maximum absolute atomic E-state index is 10.9. The maximum Gasteiger partial charge on any atom is 0.273 e. The standard InChI is InChI=1S/C15H25N3O2/c1-13(2)17(3)11-7-6-10-16-12-14-8-4-5-9-15(14)18(19)20/h4-5,8-9,13,16H,6-7,10-12H2,1-3H3. The Morgan fingerprint density at radius 3 is 2.65 bits per heavy atom. The molecule has 5 heteroatoms. The molecular formula is C15H25N3O2. The molecule has 0 fully saturated rings. The van der Waals surface area contributed by atoms with Crippen molar-refractivity contribution in [1.82, 2.24) is 10.2 Å². The largest absolute Gasteiger partial charge is 0.312 e. The average Bonchev–Trinajstić information content (AvgIpc) is 2.42. The third-order valence-electron chi connectivity index (χ3n) is 3.50. The third-order valence-corrected chi connectivity index (χ3v) is 3.50. The fourth-order valence-electron chi connectivity index (χ4n) is 1.93. The van der Waals surface area contributed by atoms with E-state index in [1.807, 2.05) is 6.07 Å². The summed E-state index contributed by atoms with van der Waals surface area (Å²) in [7, 11) is 2.13. The monoisotopic (exact) mass is 279 g/mol. The molecular weight excluding hydrogens is 254 g/mol. The molecule has 0 atom stereocenters. The van der Waals surface area contributed by atoms with E-state index in [0.29, 0.717) is 12.6 Å². The van der Waals surface area contributed by atoms with Gasteiger partial charge in [-0.25, -0.2) is 0 Å². The van der Waals surface area contributed by atoms with Gasteiger partial charge in [-0.1, -0.05) is 18.2 Å². The van der Waals surface area contributed by atoms with Gasteiger partial charge in [0, 0.05) is 24.2 Å². The summed E-state index contributed by atoms with van der Waals surface area (Å²) in [6, 6.07) is 7.46. The van der Waals surface area contributed by atoms with Crippen LogP contribution >= 0.6 is 0 Å². The smallest absolute Gasteiger partial charge is 0.273 e. The summed E-state index contributed by atoms with van der Waals surface area (Å²) in [5.74, 6) is 0. The highest BCUT2D eigenvalue weighted by Gasteiger charge is 2.11. The molecule has 112 valence electrons. The van der Waals surface area contributed by atoms with Crippen LogP contribution in [-0.4, -0.2) is 36.0 Å². The molecule has 0 saturated heterocycles. The van der Waals surface area contributed by atoms with Gasteiger partial charge in [-0.15, -0.1) is 0 Å². The minimum atomic E-state index is -0.325. The van der Waals surface area contributed by atoms with E-state index in [0.717, 1.165) is 31.5 Å². The summed E-state index contributed by atoms with van der Waals surface area (Å²) in [5, 5.41) is 14.1. The van der Waals surface area contributed by atoms with Crippen molar-refractivity contribution in [1.29, 1.82) is 0 Å². The molecule has 0 aliphatic carbocycles. The highest BCUT2D eigenvalue weighted by molar-refractivity contribution is 5.39. The van der Waals surface area contributed by atoms with Gasteiger partial charge in [-0.3, -0.25) is 10.1 Å². The van der Waals surface area contributed by atoms with E-state index in [1.54, 1.807) is 18.2 Å². The number of hydrogen-bond donors (Lipinski definition) is 1. The van der Waals surface area contributed by atoms with Crippen LogP contribution in [0, 0.1) is 10.1 Å². The molecule has 1 aromatic rings. The Balaban J connectivity index is 2.23. The molecule has 5 nitrogen and oxygen atoms in total. The van der Waals surface area contributed by atoms with Crippen LogP contribution in [0.4, 0.5) is 5.69 Å². The number of para-hydroxylation sites is 1. The van der Waals surface area contributed by atoms with Crippen LogP contribution in [0.3, 0.4) is 0 Å². The maximum atomic E-state index is 10.9. The third kappa shape index (κ3) is 5.67. The van der Waals surface area contributed by atoms with Crippen LogP contribution in [0.15, 0.2) is 24.3 Å². The first kappa shape index (κ1) is 16.6. The summed E-state index contributed by atoms with van der Waals surface area (Å²) in [4.78, 5) is 12.9. The molecule has 0 aromatic heterocycles. The van der Waals surface area contributed by atoms with Crippen molar-refractivity contribution in [2.45, 2.75) is 39.3 Å². The highest BCUT2D eigenvalue weighted by atomic mass is 16.6. The van der Waals surface area contributed by atoms with Crippen molar-refractivity contribution in [2.24, 2.45) is 0 Å². The molecule has 0 aliphatic heterocycles. The quantitative estimate of drug-likeness (QED) is 0.429. The number of benzene rings is 1. The molecule has 0 bridgehead atoms. The average molecular weight is 279 g/mol. The van der Waals surface area contributed by atoms with Gasteiger partial charge in [0.2, 0.25) is 0 Å². The van der Waals surface area contributed by atoms with E-state index in [2.05, 4.69) is 31.1 Å². The molecule has 0 radical (unpaired) electrons. The normalized spacial score (nSPS) is 11.2. The lowest BCUT2D eigenvalue weighted by molar-refractivity contribution is -0.385. The van der Waals surface area contributed by atoms with Crippen molar-refractivity contribution in [2.75, 3.05) is 20.1 Å². The van der Waals surface area contributed by atoms with Gasteiger partial charge >= 0.3 is 0 Å². The van der Waals surface area contributed by atoms with Crippen LogP contribution in [0.2, 0.25) is 0 Å². The first-order valence-corrected chi connectivity index (χ1v) is 7.15. The fourth-order valence-corrected chi connectivity index (χ4v) is 1.93. The van der Waals surface area contributed by atoms with Crippen LogP contribution in [0.5, 0.6) is 0 Å². The number of nitrogens with zero attached hydrogens (tertiary/aromatic N) is 2. The molecule has 1 aromatic carbocycles. The first-order valence-electron chi connectivity index (χ1n) is 7.15. The lowest BCUT2D eigenvalue weighted by Gasteiger charge is -2.20. The van der Waals surface area contributed by atoms with E-state index < -0.39 is 0 Å². The molecule has 0 unspecified atom stereocenters. The number of nitro groups is 1. The van der Waals surface area contributed by atoms with Crippen molar-refractivity contribution >= 4 is 5.69 Å². The highest BCUT2D eigenvalue weighted by Crippen LogP contribution is 2.16.